The topological polar surface area (TPSA) is 46.6 Å². The van der Waals surface area contributed by atoms with Gasteiger partial charge in [-0.1, -0.05) is 19.6 Å². The minimum Gasteiger partial charge on any atom is -0.464 e. The van der Waals surface area contributed by atoms with E-state index in [-0.39, 0.29) is 23.8 Å². The average Bonchev–Trinajstić information content (AvgIpc) is 2.66. The molecule has 1 heterocycles. The standard InChI is InChI=1S/C14H21NO3/c1-5-8-11-9-10(4)13(14(17)18-7-3)15(11)12(16)6-2/h5-6,10-11,13H,1-2,7-9H2,3-4H3. The molecular formula is C14H21NO3. The van der Waals surface area contributed by atoms with Crippen molar-refractivity contribution in [2.75, 3.05) is 6.61 Å². The van der Waals surface area contributed by atoms with Gasteiger partial charge in [0.1, 0.15) is 6.04 Å². The summed E-state index contributed by atoms with van der Waals surface area (Å²) in [6, 6.07) is -0.488. The Labute approximate surface area is 108 Å². The Hall–Kier alpha value is -1.58. The first-order valence-corrected chi connectivity index (χ1v) is 6.29. The van der Waals surface area contributed by atoms with Crippen molar-refractivity contribution in [1.82, 2.24) is 4.90 Å². The lowest BCUT2D eigenvalue weighted by molar-refractivity contribution is -0.154. The number of ether oxygens (including phenoxy) is 1. The van der Waals surface area contributed by atoms with Gasteiger partial charge in [-0.15, -0.1) is 6.58 Å². The Bertz CT molecular complexity index is 351. The van der Waals surface area contributed by atoms with E-state index < -0.39 is 6.04 Å². The Morgan fingerprint density at radius 2 is 2.11 bits per heavy atom. The Kier molecular flexibility index (Phi) is 5.13. The van der Waals surface area contributed by atoms with Crippen LogP contribution in [-0.2, 0) is 14.3 Å². The van der Waals surface area contributed by atoms with E-state index >= 15 is 0 Å². The molecule has 4 heteroatoms. The summed E-state index contributed by atoms with van der Waals surface area (Å²) in [5, 5.41) is 0. The van der Waals surface area contributed by atoms with E-state index in [0.717, 1.165) is 6.42 Å². The molecule has 1 amide bonds. The van der Waals surface area contributed by atoms with Crippen molar-refractivity contribution in [3.8, 4) is 0 Å². The molecule has 1 rings (SSSR count). The van der Waals surface area contributed by atoms with Crippen molar-refractivity contribution >= 4 is 11.9 Å². The summed E-state index contributed by atoms with van der Waals surface area (Å²) in [6.45, 7) is 11.2. The van der Waals surface area contributed by atoms with Crippen LogP contribution < -0.4 is 0 Å². The van der Waals surface area contributed by atoms with Crippen LogP contribution in [0.1, 0.15) is 26.7 Å². The van der Waals surface area contributed by atoms with Crippen LogP contribution in [0.3, 0.4) is 0 Å². The van der Waals surface area contributed by atoms with E-state index in [4.69, 9.17) is 4.74 Å². The molecule has 0 radical (unpaired) electrons. The molecule has 0 aromatic rings. The highest BCUT2D eigenvalue weighted by Crippen LogP contribution is 2.32. The van der Waals surface area contributed by atoms with Crippen LogP contribution in [0, 0.1) is 5.92 Å². The second kappa shape index (κ2) is 6.38. The molecule has 18 heavy (non-hydrogen) atoms. The third kappa shape index (κ3) is 2.81. The van der Waals surface area contributed by atoms with Gasteiger partial charge in [0, 0.05) is 6.04 Å². The lowest BCUT2D eigenvalue weighted by atomic mass is 10.0. The lowest BCUT2D eigenvalue weighted by Gasteiger charge is -2.28. The minimum absolute atomic E-state index is 0.0115. The third-order valence-corrected chi connectivity index (χ3v) is 3.27. The monoisotopic (exact) mass is 251 g/mol. The van der Waals surface area contributed by atoms with Crippen molar-refractivity contribution in [1.29, 1.82) is 0 Å². The van der Waals surface area contributed by atoms with Crippen LogP contribution in [0.4, 0.5) is 0 Å². The minimum atomic E-state index is -0.500. The zero-order chi connectivity index (χ0) is 13.7. The number of carbonyl (C=O) groups excluding carboxylic acids is 2. The molecule has 1 aliphatic rings. The largest absolute Gasteiger partial charge is 0.464 e. The van der Waals surface area contributed by atoms with Gasteiger partial charge in [-0.2, -0.15) is 0 Å². The van der Waals surface area contributed by atoms with Crippen LogP contribution in [0.25, 0.3) is 0 Å². The van der Waals surface area contributed by atoms with E-state index in [1.807, 2.05) is 6.92 Å². The van der Waals surface area contributed by atoms with Gasteiger partial charge in [0.2, 0.25) is 5.91 Å². The van der Waals surface area contributed by atoms with Crippen molar-refractivity contribution < 1.29 is 14.3 Å². The highest BCUT2D eigenvalue weighted by atomic mass is 16.5. The smallest absolute Gasteiger partial charge is 0.329 e. The number of likely N-dealkylation sites (tertiary alicyclic amines) is 1. The third-order valence-electron chi connectivity index (χ3n) is 3.27. The Morgan fingerprint density at radius 3 is 2.61 bits per heavy atom. The van der Waals surface area contributed by atoms with E-state index in [9.17, 15) is 9.59 Å². The fourth-order valence-corrected chi connectivity index (χ4v) is 2.57. The van der Waals surface area contributed by atoms with Gasteiger partial charge < -0.3 is 9.64 Å². The van der Waals surface area contributed by atoms with Gasteiger partial charge in [-0.25, -0.2) is 4.79 Å². The Morgan fingerprint density at radius 1 is 1.44 bits per heavy atom. The number of hydrogen-bond acceptors (Lipinski definition) is 3. The molecule has 0 aromatic heterocycles. The highest BCUT2D eigenvalue weighted by molar-refractivity contribution is 5.92. The fourth-order valence-electron chi connectivity index (χ4n) is 2.57. The summed E-state index contributed by atoms with van der Waals surface area (Å²) in [5.41, 5.74) is 0. The fraction of sp³-hybridized carbons (Fsp3) is 0.571. The summed E-state index contributed by atoms with van der Waals surface area (Å²) in [4.78, 5) is 25.5. The molecule has 100 valence electrons. The summed E-state index contributed by atoms with van der Waals surface area (Å²) in [6.07, 6.45) is 4.49. The number of esters is 1. The maximum atomic E-state index is 12.0. The van der Waals surface area contributed by atoms with Gasteiger partial charge in [0.05, 0.1) is 6.61 Å². The van der Waals surface area contributed by atoms with Crippen molar-refractivity contribution in [3.05, 3.63) is 25.3 Å². The van der Waals surface area contributed by atoms with Gasteiger partial charge in [-0.05, 0) is 31.8 Å². The molecule has 0 aliphatic carbocycles. The van der Waals surface area contributed by atoms with E-state index in [1.54, 1.807) is 17.9 Å². The van der Waals surface area contributed by atoms with E-state index in [1.165, 1.54) is 6.08 Å². The maximum Gasteiger partial charge on any atom is 0.329 e. The molecular weight excluding hydrogens is 230 g/mol. The number of nitrogens with zero attached hydrogens (tertiary/aromatic N) is 1. The number of hydrogen-bond donors (Lipinski definition) is 0. The molecule has 0 spiro atoms. The normalized spacial score (nSPS) is 26.8. The molecule has 4 nitrogen and oxygen atoms in total. The SMILES string of the molecule is C=CCC1CC(C)C(C(=O)OCC)N1C(=O)C=C. The summed E-state index contributed by atoms with van der Waals surface area (Å²) < 4.78 is 5.05. The molecule has 0 saturated carbocycles. The van der Waals surface area contributed by atoms with Crippen LogP contribution in [0.15, 0.2) is 25.3 Å². The molecule has 3 unspecified atom stereocenters. The average molecular weight is 251 g/mol. The summed E-state index contributed by atoms with van der Waals surface area (Å²) in [7, 11) is 0. The number of carbonyl (C=O) groups is 2. The predicted molar refractivity (Wildman–Crippen MR) is 69.8 cm³/mol. The number of amides is 1. The lowest BCUT2D eigenvalue weighted by Crippen LogP contribution is -2.46. The first-order valence-electron chi connectivity index (χ1n) is 6.29. The van der Waals surface area contributed by atoms with Crippen LogP contribution >= 0.6 is 0 Å². The number of rotatable bonds is 5. The van der Waals surface area contributed by atoms with Crippen LogP contribution in [0.5, 0.6) is 0 Å². The van der Waals surface area contributed by atoms with Crippen molar-refractivity contribution in [2.24, 2.45) is 5.92 Å². The highest BCUT2D eigenvalue weighted by Gasteiger charge is 2.45. The molecule has 1 aliphatic heterocycles. The van der Waals surface area contributed by atoms with Crippen molar-refractivity contribution in [3.63, 3.8) is 0 Å². The van der Waals surface area contributed by atoms with Crippen LogP contribution in [0.2, 0.25) is 0 Å². The first kappa shape index (κ1) is 14.5. The second-order valence-corrected chi connectivity index (χ2v) is 4.54. The van der Waals surface area contributed by atoms with Gasteiger partial charge >= 0.3 is 5.97 Å². The summed E-state index contributed by atoms with van der Waals surface area (Å²) >= 11 is 0. The zero-order valence-electron chi connectivity index (χ0n) is 11.1. The Balaban J connectivity index is 2.97. The predicted octanol–water partition coefficient (Wildman–Crippen LogP) is 1.92. The van der Waals surface area contributed by atoms with Crippen LogP contribution in [-0.4, -0.2) is 35.5 Å². The van der Waals surface area contributed by atoms with Crippen molar-refractivity contribution in [2.45, 2.75) is 38.8 Å². The molecule has 0 bridgehead atoms. The van der Waals surface area contributed by atoms with E-state index in [0.29, 0.717) is 13.0 Å². The summed E-state index contributed by atoms with van der Waals surface area (Å²) in [5.74, 6) is -0.450. The van der Waals surface area contributed by atoms with E-state index in [2.05, 4.69) is 13.2 Å². The maximum absolute atomic E-state index is 12.0. The zero-order valence-corrected chi connectivity index (χ0v) is 11.1. The molecule has 0 aromatic carbocycles. The van der Waals surface area contributed by atoms with Gasteiger partial charge in [0.15, 0.2) is 0 Å². The molecule has 1 saturated heterocycles. The first-order chi connectivity index (χ1) is 8.56. The molecule has 1 fully saturated rings. The van der Waals surface area contributed by atoms with Gasteiger partial charge in [-0.3, -0.25) is 4.79 Å². The van der Waals surface area contributed by atoms with Gasteiger partial charge in [0.25, 0.3) is 0 Å². The molecule has 0 N–H and O–H groups in total. The molecule has 3 atom stereocenters. The second-order valence-electron chi connectivity index (χ2n) is 4.54. The quantitative estimate of drug-likeness (QED) is 0.426.